The van der Waals surface area contributed by atoms with E-state index in [9.17, 15) is 21.6 Å². The SMILES string of the molecule is Cc1c(C(F)(F)F)cccc1S(=O)(=O)N1CCC[C@@H](N)C1. The topological polar surface area (TPSA) is 63.4 Å². The first-order chi connectivity index (χ1) is 9.64. The maximum Gasteiger partial charge on any atom is 0.416 e. The second-order valence-electron chi connectivity index (χ2n) is 5.19. The number of rotatable bonds is 2. The number of nitrogens with two attached hydrogens (primary N) is 1. The third-order valence-electron chi connectivity index (χ3n) is 3.63. The van der Waals surface area contributed by atoms with Gasteiger partial charge < -0.3 is 5.73 Å². The Morgan fingerprint density at radius 2 is 2.00 bits per heavy atom. The minimum atomic E-state index is -4.58. The average molecular weight is 322 g/mol. The van der Waals surface area contributed by atoms with Crippen LogP contribution in [-0.4, -0.2) is 31.9 Å². The molecular weight excluding hydrogens is 305 g/mol. The maximum atomic E-state index is 12.9. The molecule has 2 rings (SSSR count). The van der Waals surface area contributed by atoms with Crippen molar-refractivity contribution in [2.24, 2.45) is 5.73 Å². The lowest BCUT2D eigenvalue weighted by Crippen LogP contribution is -2.45. The lowest BCUT2D eigenvalue weighted by Gasteiger charge is -2.30. The van der Waals surface area contributed by atoms with Crippen LogP contribution in [0.15, 0.2) is 23.1 Å². The van der Waals surface area contributed by atoms with Gasteiger partial charge >= 0.3 is 6.18 Å². The molecule has 4 nitrogen and oxygen atoms in total. The molecule has 118 valence electrons. The lowest BCUT2D eigenvalue weighted by atomic mass is 10.1. The van der Waals surface area contributed by atoms with Crippen molar-refractivity contribution >= 4 is 10.0 Å². The Bertz CT molecular complexity index is 629. The van der Waals surface area contributed by atoms with Crippen molar-refractivity contribution in [2.45, 2.75) is 36.9 Å². The third kappa shape index (κ3) is 3.22. The van der Waals surface area contributed by atoms with Crippen LogP contribution in [0, 0.1) is 6.92 Å². The first-order valence-corrected chi connectivity index (χ1v) is 8.00. The van der Waals surface area contributed by atoms with Gasteiger partial charge in [-0.05, 0) is 37.5 Å². The van der Waals surface area contributed by atoms with Gasteiger partial charge in [-0.2, -0.15) is 17.5 Å². The van der Waals surface area contributed by atoms with Crippen molar-refractivity contribution in [1.82, 2.24) is 4.31 Å². The predicted molar refractivity (Wildman–Crippen MR) is 72.1 cm³/mol. The average Bonchev–Trinajstić information content (AvgIpc) is 2.37. The Labute approximate surface area is 121 Å². The van der Waals surface area contributed by atoms with Crippen molar-refractivity contribution in [2.75, 3.05) is 13.1 Å². The summed E-state index contributed by atoms with van der Waals surface area (Å²) in [6.07, 6.45) is -3.25. The second-order valence-corrected chi connectivity index (χ2v) is 7.10. The van der Waals surface area contributed by atoms with Crippen molar-refractivity contribution < 1.29 is 21.6 Å². The van der Waals surface area contributed by atoms with Gasteiger partial charge in [0.25, 0.3) is 0 Å². The molecule has 0 spiro atoms. The summed E-state index contributed by atoms with van der Waals surface area (Å²) < 4.78 is 64.9. The van der Waals surface area contributed by atoms with Crippen molar-refractivity contribution in [3.63, 3.8) is 0 Å². The predicted octanol–water partition coefficient (Wildman–Crippen LogP) is 2.13. The molecule has 1 aliphatic rings. The summed E-state index contributed by atoms with van der Waals surface area (Å²) in [5.74, 6) is 0. The zero-order valence-corrected chi connectivity index (χ0v) is 12.3. The number of hydrogen-bond donors (Lipinski definition) is 1. The molecule has 0 radical (unpaired) electrons. The third-order valence-corrected chi connectivity index (χ3v) is 5.64. The second kappa shape index (κ2) is 5.58. The van der Waals surface area contributed by atoms with E-state index >= 15 is 0 Å². The Morgan fingerprint density at radius 3 is 2.57 bits per heavy atom. The van der Waals surface area contributed by atoms with Crippen LogP contribution in [-0.2, 0) is 16.2 Å². The molecule has 1 aliphatic heterocycles. The molecule has 1 saturated heterocycles. The minimum Gasteiger partial charge on any atom is -0.327 e. The number of piperidine rings is 1. The fourth-order valence-corrected chi connectivity index (χ4v) is 4.32. The Hall–Kier alpha value is -1.12. The molecule has 2 N–H and O–H groups in total. The first-order valence-electron chi connectivity index (χ1n) is 6.56. The maximum absolute atomic E-state index is 12.9. The molecule has 1 atom stereocenters. The molecule has 21 heavy (non-hydrogen) atoms. The van der Waals surface area contributed by atoms with Gasteiger partial charge in [-0.3, -0.25) is 0 Å². The fourth-order valence-electron chi connectivity index (χ4n) is 2.53. The zero-order chi connectivity index (χ0) is 15.8. The summed E-state index contributed by atoms with van der Waals surface area (Å²) >= 11 is 0. The van der Waals surface area contributed by atoms with Crippen LogP contribution in [0.5, 0.6) is 0 Å². The van der Waals surface area contributed by atoms with E-state index in [0.29, 0.717) is 12.8 Å². The van der Waals surface area contributed by atoms with Gasteiger partial charge in [0, 0.05) is 19.1 Å². The highest BCUT2D eigenvalue weighted by Crippen LogP contribution is 2.35. The van der Waals surface area contributed by atoms with Crippen LogP contribution in [0.3, 0.4) is 0 Å². The quantitative estimate of drug-likeness (QED) is 0.907. The van der Waals surface area contributed by atoms with Gasteiger partial charge in [-0.15, -0.1) is 0 Å². The fraction of sp³-hybridized carbons (Fsp3) is 0.538. The normalized spacial score (nSPS) is 21.5. The summed E-state index contributed by atoms with van der Waals surface area (Å²) in [7, 11) is -3.96. The van der Waals surface area contributed by atoms with Gasteiger partial charge in [-0.25, -0.2) is 8.42 Å². The van der Waals surface area contributed by atoms with Crippen LogP contribution in [0.2, 0.25) is 0 Å². The summed E-state index contributed by atoms with van der Waals surface area (Å²) in [6.45, 7) is 1.60. The molecule has 0 aromatic heterocycles. The van der Waals surface area contributed by atoms with Crippen molar-refractivity contribution in [3.8, 4) is 0 Å². The van der Waals surface area contributed by atoms with Gasteiger partial charge in [0.15, 0.2) is 0 Å². The Balaban J connectivity index is 2.46. The zero-order valence-electron chi connectivity index (χ0n) is 11.5. The number of benzene rings is 1. The molecule has 1 fully saturated rings. The molecule has 1 aromatic carbocycles. The molecule has 0 saturated carbocycles. The Morgan fingerprint density at radius 1 is 1.33 bits per heavy atom. The van der Waals surface area contributed by atoms with Crippen LogP contribution >= 0.6 is 0 Å². The molecular formula is C13H17F3N2O2S. The van der Waals surface area contributed by atoms with Crippen LogP contribution < -0.4 is 5.73 Å². The summed E-state index contributed by atoms with van der Waals surface area (Å²) in [6, 6.07) is 2.93. The number of sulfonamides is 1. The Kier molecular flexibility index (Phi) is 4.32. The van der Waals surface area contributed by atoms with Crippen molar-refractivity contribution in [1.29, 1.82) is 0 Å². The number of halogens is 3. The molecule has 0 bridgehead atoms. The molecule has 1 aromatic rings. The summed E-state index contributed by atoms with van der Waals surface area (Å²) in [5.41, 5.74) is 4.55. The number of nitrogens with zero attached hydrogens (tertiary/aromatic N) is 1. The number of alkyl halides is 3. The minimum absolute atomic E-state index is 0.137. The van der Waals surface area contributed by atoms with E-state index in [1.807, 2.05) is 0 Å². The van der Waals surface area contributed by atoms with Crippen LogP contribution in [0.1, 0.15) is 24.0 Å². The molecule has 1 heterocycles. The van der Waals surface area contributed by atoms with E-state index in [-0.39, 0.29) is 29.6 Å². The molecule has 0 unspecified atom stereocenters. The van der Waals surface area contributed by atoms with E-state index in [4.69, 9.17) is 5.73 Å². The molecule has 8 heteroatoms. The van der Waals surface area contributed by atoms with Gasteiger partial charge in [0.05, 0.1) is 10.5 Å². The highest BCUT2D eigenvalue weighted by Gasteiger charge is 2.36. The van der Waals surface area contributed by atoms with Gasteiger partial charge in [0.2, 0.25) is 10.0 Å². The van der Waals surface area contributed by atoms with E-state index in [1.54, 1.807) is 0 Å². The first kappa shape index (κ1) is 16.3. The van der Waals surface area contributed by atoms with E-state index in [1.165, 1.54) is 17.3 Å². The molecule has 0 aliphatic carbocycles. The lowest BCUT2D eigenvalue weighted by molar-refractivity contribution is -0.138. The summed E-state index contributed by atoms with van der Waals surface area (Å²) in [5, 5.41) is 0. The monoisotopic (exact) mass is 322 g/mol. The van der Waals surface area contributed by atoms with E-state index < -0.39 is 21.8 Å². The van der Waals surface area contributed by atoms with Crippen molar-refractivity contribution in [3.05, 3.63) is 29.3 Å². The van der Waals surface area contributed by atoms with Crippen LogP contribution in [0.25, 0.3) is 0 Å². The van der Waals surface area contributed by atoms with Gasteiger partial charge in [0.1, 0.15) is 0 Å². The smallest absolute Gasteiger partial charge is 0.327 e. The van der Waals surface area contributed by atoms with Gasteiger partial charge in [-0.1, -0.05) is 6.07 Å². The highest BCUT2D eigenvalue weighted by molar-refractivity contribution is 7.89. The van der Waals surface area contributed by atoms with E-state index in [2.05, 4.69) is 0 Å². The van der Waals surface area contributed by atoms with E-state index in [0.717, 1.165) is 12.1 Å². The molecule has 0 amide bonds. The summed E-state index contributed by atoms with van der Waals surface area (Å²) in [4.78, 5) is -0.300. The largest absolute Gasteiger partial charge is 0.416 e. The highest BCUT2D eigenvalue weighted by atomic mass is 32.2. The number of hydrogen-bond acceptors (Lipinski definition) is 3. The van der Waals surface area contributed by atoms with Crippen LogP contribution in [0.4, 0.5) is 13.2 Å². The standard InChI is InChI=1S/C13H17F3N2O2S/c1-9-11(13(14,15)16)5-2-6-12(9)21(19,20)18-7-3-4-10(17)8-18/h2,5-6,10H,3-4,7-8,17H2,1H3/t10-/m1/s1.